The Morgan fingerprint density at radius 3 is 2.48 bits per heavy atom. The lowest BCUT2D eigenvalue weighted by atomic mass is 10.0. The van der Waals surface area contributed by atoms with Crippen LogP contribution in [-0.2, 0) is 11.3 Å². The number of nitrogens with two attached hydrogens (primary N) is 1. The summed E-state index contributed by atoms with van der Waals surface area (Å²) < 4.78 is 2.24. The fraction of sp³-hybridized carbons (Fsp3) is 0.364. The number of fused-ring (bicyclic) bond motifs is 1. The van der Waals surface area contributed by atoms with Gasteiger partial charge in [0.1, 0.15) is 5.82 Å². The number of hydrogen-bond donors (Lipinski definition) is 1. The van der Waals surface area contributed by atoms with Crippen LogP contribution < -0.4 is 5.73 Å². The van der Waals surface area contributed by atoms with Crippen LogP contribution in [0.1, 0.15) is 37.7 Å². The van der Waals surface area contributed by atoms with Crippen LogP contribution in [0.5, 0.6) is 0 Å². The van der Waals surface area contributed by atoms with Crippen LogP contribution in [0.2, 0.25) is 0 Å². The maximum Gasteiger partial charge on any atom is 0.210 e. The van der Waals surface area contributed by atoms with Gasteiger partial charge in [-0.2, -0.15) is 0 Å². The molecule has 2 N–H and O–H groups in total. The number of carbonyl (C=O) groups excluding carboxylic acids is 1. The Morgan fingerprint density at radius 2 is 1.81 bits per heavy atom. The van der Waals surface area contributed by atoms with Crippen LogP contribution >= 0.6 is 0 Å². The largest absolute Gasteiger partial charge is 0.335 e. The molecule has 2 aromatic carbocycles. The molecule has 3 aromatic rings. The molecule has 0 aliphatic heterocycles. The van der Waals surface area contributed by atoms with E-state index in [0.717, 1.165) is 36.2 Å². The van der Waals surface area contributed by atoms with Crippen molar-refractivity contribution in [1.82, 2.24) is 14.5 Å². The fourth-order valence-corrected chi connectivity index (χ4v) is 3.61. The number of benzene rings is 2. The van der Waals surface area contributed by atoms with Crippen molar-refractivity contribution in [2.45, 2.75) is 32.9 Å². The van der Waals surface area contributed by atoms with E-state index in [2.05, 4.69) is 36.6 Å². The molecule has 0 saturated heterocycles. The van der Waals surface area contributed by atoms with Crippen LogP contribution in [0, 0.1) is 5.92 Å². The zero-order valence-corrected chi connectivity index (χ0v) is 16.1. The summed E-state index contributed by atoms with van der Waals surface area (Å²) in [5, 5.41) is 0. The number of carbonyl (C=O) groups is 1. The highest BCUT2D eigenvalue weighted by Crippen LogP contribution is 2.31. The maximum absolute atomic E-state index is 11.9. The zero-order chi connectivity index (χ0) is 19.2. The summed E-state index contributed by atoms with van der Waals surface area (Å²) in [6.45, 7) is 6.20. The minimum Gasteiger partial charge on any atom is -0.335 e. The number of hydrogen-bond acceptors (Lipinski definition) is 3. The molecule has 1 atom stereocenters. The van der Waals surface area contributed by atoms with Crippen molar-refractivity contribution in [2.75, 3.05) is 13.1 Å². The summed E-state index contributed by atoms with van der Waals surface area (Å²) in [6, 6.07) is 18.4. The lowest BCUT2D eigenvalue weighted by Crippen LogP contribution is -2.34. The zero-order valence-electron chi connectivity index (χ0n) is 16.1. The lowest BCUT2D eigenvalue weighted by molar-refractivity contribution is -0.121. The van der Waals surface area contributed by atoms with Gasteiger partial charge in [-0.25, -0.2) is 4.98 Å². The quantitative estimate of drug-likeness (QED) is 0.590. The van der Waals surface area contributed by atoms with E-state index in [9.17, 15) is 4.79 Å². The summed E-state index contributed by atoms with van der Waals surface area (Å²) >= 11 is 0. The number of para-hydroxylation sites is 2. The van der Waals surface area contributed by atoms with Crippen molar-refractivity contribution in [2.24, 2.45) is 11.7 Å². The molecule has 0 fully saturated rings. The number of amides is 1. The monoisotopic (exact) mass is 364 g/mol. The van der Waals surface area contributed by atoms with Crippen molar-refractivity contribution >= 4 is 17.4 Å². The molecule has 0 aliphatic rings. The topological polar surface area (TPSA) is 64.2 Å². The number of imidazole rings is 1. The maximum atomic E-state index is 11.9. The Labute approximate surface area is 160 Å². The molecular weight excluding hydrogens is 336 g/mol. The molecular formula is C22H28N4O. The van der Waals surface area contributed by atoms with Crippen molar-refractivity contribution < 1.29 is 4.79 Å². The minimum atomic E-state index is -0.0924. The first-order chi connectivity index (χ1) is 13.2. The highest BCUT2D eigenvalue weighted by molar-refractivity contribution is 5.76. The van der Waals surface area contributed by atoms with E-state index in [1.807, 2.05) is 41.3 Å². The summed E-state index contributed by atoms with van der Waals surface area (Å²) in [4.78, 5) is 18.6. The predicted molar refractivity (Wildman–Crippen MR) is 109 cm³/mol. The SMILES string of the molecule is CC(C)C(c1nc2ccccc2n1Cc1ccccc1)N(C=O)CCCN. The van der Waals surface area contributed by atoms with Crippen LogP contribution in [0.25, 0.3) is 11.0 Å². The molecule has 1 aromatic heterocycles. The van der Waals surface area contributed by atoms with Gasteiger partial charge in [-0.3, -0.25) is 4.79 Å². The van der Waals surface area contributed by atoms with Gasteiger partial charge in [-0.15, -0.1) is 0 Å². The number of nitrogens with zero attached hydrogens (tertiary/aromatic N) is 3. The van der Waals surface area contributed by atoms with Gasteiger partial charge in [0.15, 0.2) is 0 Å². The Bertz CT molecular complexity index is 872. The average molecular weight is 364 g/mol. The Kier molecular flexibility index (Phi) is 6.24. The number of aromatic nitrogens is 2. The Morgan fingerprint density at radius 1 is 1.11 bits per heavy atom. The molecule has 5 heteroatoms. The van der Waals surface area contributed by atoms with E-state index >= 15 is 0 Å². The summed E-state index contributed by atoms with van der Waals surface area (Å²) in [5.41, 5.74) is 8.94. The second kappa shape index (κ2) is 8.82. The van der Waals surface area contributed by atoms with Gasteiger partial charge in [0, 0.05) is 13.1 Å². The Balaban J connectivity index is 2.10. The standard InChI is InChI=1S/C22H28N4O/c1-17(2)21(25(16-27)14-8-13-23)22-24-19-11-6-7-12-20(19)26(22)15-18-9-4-3-5-10-18/h3-7,9-12,16-17,21H,8,13-15,23H2,1-2H3. The van der Waals surface area contributed by atoms with Gasteiger partial charge in [0.05, 0.1) is 17.1 Å². The minimum absolute atomic E-state index is 0.0924. The molecule has 0 saturated carbocycles. The van der Waals surface area contributed by atoms with Crippen molar-refractivity contribution in [3.8, 4) is 0 Å². The van der Waals surface area contributed by atoms with Gasteiger partial charge in [0.25, 0.3) is 0 Å². The van der Waals surface area contributed by atoms with Gasteiger partial charge in [-0.05, 0) is 36.6 Å². The summed E-state index contributed by atoms with van der Waals surface area (Å²) in [5.74, 6) is 1.17. The van der Waals surface area contributed by atoms with Crippen LogP contribution in [0.3, 0.4) is 0 Å². The van der Waals surface area contributed by atoms with E-state index in [4.69, 9.17) is 10.7 Å². The molecule has 0 spiro atoms. The molecule has 0 radical (unpaired) electrons. The molecule has 0 bridgehead atoms. The third kappa shape index (κ3) is 4.19. The molecule has 1 unspecified atom stereocenters. The second-order valence-electron chi connectivity index (χ2n) is 7.20. The van der Waals surface area contributed by atoms with E-state index in [-0.39, 0.29) is 12.0 Å². The van der Waals surface area contributed by atoms with Crippen molar-refractivity contribution in [3.05, 3.63) is 66.0 Å². The fourth-order valence-electron chi connectivity index (χ4n) is 3.61. The third-order valence-corrected chi connectivity index (χ3v) is 4.88. The molecule has 5 nitrogen and oxygen atoms in total. The highest BCUT2D eigenvalue weighted by Gasteiger charge is 2.28. The lowest BCUT2D eigenvalue weighted by Gasteiger charge is -2.31. The molecule has 1 amide bonds. The second-order valence-corrected chi connectivity index (χ2v) is 7.20. The number of rotatable bonds is 9. The van der Waals surface area contributed by atoms with Crippen LogP contribution in [-0.4, -0.2) is 34.0 Å². The highest BCUT2D eigenvalue weighted by atomic mass is 16.1. The summed E-state index contributed by atoms with van der Waals surface area (Å²) in [6.07, 6.45) is 1.72. The molecule has 3 rings (SSSR count). The molecule has 27 heavy (non-hydrogen) atoms. The van der Waals surface area contributed by atoms with Gasteiger partial charge >= 0.3 is 0 Å². The third-order valence-electron chi connectivity index (χ3n) is 4.88. The normalized spacial score (nSPS) is 12.4. The van der Waals surface area contributed by atoms with Crippen molar-refractivity contribution in [1.29, 1.82) is 0 Å². The van der Waals surface area contributed by atoms with Crippen LogP contribution in [0.4, 0.5) is 0 Å². The van der Waals surface area contributed by atoms with Crippen LogP contribution in [0.15, 0.2) is 54.6 Å². The first kappa shape index (κ1) is 19.1. The molecule has 1 heterocycles. The van der Waals surface area contributed by atoms with E-state index < -0.39 is 0 Å². The average Bonchev–Trinajstić information content (AvgIpc) is 3.03. The van der Waals surface area contributed by atoms with E-state index in [1.54, 1.807) is 0 Å². The predicted octanol–water partition coefficient (Wildman–Crippen LogP) is 3.59. The van der Waals surface area contributed by atoms with Crippen molar-refractivity contribution in [3.63, 3.8) is 0 Å². The Hall–Kier alpha value is -2.66. The van der Waals surface area contributed by atoms with E-state index in [0.29, 0.717) is 13.1 Å². The van der Waals surface area contributed by atoms with Gasteiger partial charge in [0.2, 0.25) is 6.41 Å². The summed E-state index contributed by atoms with van der Waals surface area (Å²) in [7, 11) is 0. The van der Waals surface area contributed by atoms with Gasteiger partial charge < -0.3 is 15.2 Å². The van der Waals surface area contributed by atoms with E-state index in [1.165, 1.54) is 5.56 Å². The first-order valence-corrected chi connectivity index (χ1v) is 9.56. The smallest absolute Gasteiger partial charge is 0.210 e. The molecule has 142 valence electrons. The van der Waals surface area contributed by atoms with Gasteiger partial charge in [-0.1, -0.05) is 56.3 Å². The first-order valence-electron chi connectivity index (χ1n) is 9.56. The molecule has 0 aliphatic carbocycles.